The number of carbonyl (C=O) groups is 2. The quantitative estimate of drug-likeness (QED) is 0.783. The molecule has 0 unspecified atom stereocenters. The Hall–Kier alpha value is -1.65. The van der Waals surface area contributed by atoms with Crippen LogP contribution in [0.1, 0.15) is 24.0 Å². The predicted molar refractivity (Wildman–Crippen MR) is 85.6 cm³/mol. The maximum Gasteiger partial charge on any atom is 0.233 e. The number of imide groups is 1. The number of allylic oxidation sites excluding steroid dienone is 2. The maximum absolute atomic E-state index is 12.6. The van der Waals surface area contributed by atoms with E-state index in [9.17, 15) is 9.59 Å². The van der Waals surface area contributed by atoms with E-state index in [1.54, 1.807) is 0 Å². The lowest BCUT2D eigenvalue weighted by Crippen LogP contribution is -2.41. The number of hydrogen-bond donors (Lipinski definition) is 0. The van der Waals surface area contributed by atoms with E-state index in [1.165, 1.54) is 16.0 Å². The van der Waals surface area contributed by atoms with Crippen LogP contribution in [0.4, 0.5) is 0 Å². The number of halogens is 1. The molecule has 0 N–H and O–H groups in total. The maximum atomic E-state index is 12.6. The van der Waals surface area contributed by atoms with E-state index >= 15 is 0 Å². The van der Waals surface area contributed by atoms with Gasteiger partial charge in [0.05, 0.1) is 31.1 Å². The summed E-state index contributed by atoms with van der Waals surface area (Å²) in [7, 11) is 0. The SMILES string of the molecule is O=C1[C@H]2CC(Cl)=CC[C@H]2C(=O)N1C[C@H]1Cc2ccccc2CO1. The van der Waals surface area contributed by atoms with Crippen LogP contribution in [0.5, 0.6) is 0 Å². The Labute approximate surface area is 140 Å². The van der Waals surface area contributed by atoms with Crippen LogP contribution in [-0.4, -0.2) is 29.4 Å². The third-order valence-electron chi connectivity index (χ3n) is 5.09. The normalized spacial score (nSPS) is 30.0. The summed E-state index contributed by atoms with van der Waals surface area (Å²) < 4.78 is 5.85. The highest BCUT2D eigenvalue weighted by molar-refractivity contribution is 6.30. The summed E-state index contributed by atoms with van der Waals surface area (Å²) in [5, 5.41) is 0.692. The number of benzene rings is 1. The molecule has 1 aromatic rings. The molecule has 4 rings (SSSR count). The lowest BCUT2D eigenvalue weighted by atomic mass is 9.85. The highest BCUT2D eigenvalue weighted by Crippen LogP contribution is 2.39. The molecule has 2 amide bonds. The van der Waals surface area contributed by atoms with Gasteiger partial charge in [-0.05, 0) is 24.0 Å². The summed E-state index contributed by atoms with van der Waals surface area (Å²) >= 11 is 6.05. The van der Waals surface area contributed by atoms with Crippen molar-refractivity contribution in [3.63, 3.8) is 0 Å². The number of fused-ring (bicyclic) bond motifs is 2. The van der Waals surface area contributed by atoms with Crippen molar-refractivity contribution in [1.29, 1.82) is 0 Å². The van der Waals surface area contributed by atoms with Crippen LogP contribution < -0.4 is 0 Å². The Morgan fingerprint density at radius 3 is 2.65 bits per heavy atom. The molecule has 0 radical (unpaired) electrons. The fraction of sp³-hybridized carbons (Fsp3) is 0.444. The molecule has 1 aromatic carbocycles. The molecule has 120 valence electrons. The molecule has 2 aliphatic heterocycles. The van der Waals surface area contributed by atoms with E-state index in [2.05, 4.69) is 12.1 Å². The second-order valence-electron chi connectivity index (χ2n) is 6.50. The largest absolute Gasteiger partial charge is 0.371 e. The molecular formula is C18H18ClNO3. The van der Waals surface area contributed by atoms with Crippen molar-refractivity contribution in [1.82, 2.24) is 4.90 Å². The number of carbonyl (C=O) groups excluding carboxylic acids is 2. The van der Waals surface area contributed by atoms with Gasteiger partial charge >= 0.3 is 0 Å². The lowest BCUT2D eigenvalue weighted by Gasteiger charge is -2.28. The van der Waals surface area contributed by atoms with E-state index in [0.29, 0.717) is 31.0 Å². The van der Waals surface area contributed by atoms with E-state index < -0.39 is 0 Å². The van der Waals surface area contributed by atoms with Gasteiger partial charge in [0.1, 0.15) is 0 Å². The van der Waals surface area contributed by atoms with E-state index in [0.717, 1.165) is 6.42 Å². The van der Waals surface area contributed by atoms with E-state index in [-0.39, 0.29) is 29.8 Å². The molecule has 3 aliphatic rings. The Bertz CT molecular complexity index is 699. The molecule has 1 saturated heterocycles. The minimum absolute atomic E-state index is 0.0668. The third-order valence-corrected chi connectivity index (χ3v) is 5.40. The fourth-order valence-corrected chi connectivity index (χ4v) is 4.06. The molecular weight excluding hydrogens is 314 g/mol. The molecule has 3 atom stereocenters. The van der Waals surface area contributed by atoms with Gasteiger partial charge in [-0.25, -0.2) is 0 Å². The second-order valence-corrected chi connectivity index (χ2v) is 6.98. The number of nitrogens with zero attached hydrogens (tertiary/aromatic N) is 1. The van der Waals surface area contributed by atoms with Gasteiger partial charge in [0, 0.05) is 11.5 Å². The van der Waals surface area contributed by atoms with Crippen molar-refractivity contribution in [3.05, 3.63) is 46.5 Å². The van der Waals surface area contributed by atoms with Crippen LogP contribution in [0.15, 0.2) is 35.4 Å². The molecule has 2 heterocycles. The Balaban J connectivity index is 1.48. The van der Waals surface area contributed by atoms with Gasteiger partial charge in [-0.2, -0.15) is 0 Å². The number of ether oxygens (including phenoxy) is 1. The zero-order valence-electron chi connectivity index (χ0n) is 12.7. The van der Waals surface area contributed by atoms with Crippen molar-refractivity contribution in [2.24, 2.45) is 11.8 Å². The van der Waals surface area contributed by atoms with Crippen molar-refractivity contribution < 1.29 is 14.3 Å². The van der Waals surface area contributed by atoms with Crippen molar-refractivity contribution in [2.45, 2.75) is 32.0 Å². The number of amides is 2. The molecule has 5 heteroatoms. The first-order valence-electron chi connectivity index (χ1n) is 8.01. The summed E-state index contributed by atoms with van der Waals surface area (Å²) in [5.41, 5.74) is 2.43. The molecule has 4 nitrogen and oxygen atoms in total. The van der Waals surface area contributed by atoms with Crippen molar-refractivity contribution in [3.8, 4) is 0 Å². The smallest absolute Gasteiger partial charge is 0.233 e. The minimum Gasteiger partial charge on any atom is -0.371 e. The molecule has 23 heavy (non-hydrogen) atoms. The first-order chi connectivity index (χ1) is 11.1. The zero-order valence-corrected chi connectivity index (χ0v) is 13.5. The topological polar surface area (TPSA) is 46.6 Å². The van der Waals surface area contributed by atoms with Crippen LogP contribution in [0.25, 0.3) is 0 Å². The zero-order chi connectivity index (χ0) is 16.0. The van der Waals surface area contributed by atoms with Crippen LogP contribution >= 0.6 is 11.6 Å². The van der Waals surface area contributed by atoms with Gasteiger partial charge in [0.15, 0.2) is 0 Å². The highest BCUT2D eigenvalue weighted by Gasteiger charge is 2.48. The minimum atomic E-state index is -0.282. The average molecular weight is 332 g/mol. The Kier molecular flexibility index (Phi) is 3.74. The monoisotopic (exact) mass is 331 g/mol. The van der Waals surface area contributed by atoms with Crippen LogP contribution in [0.3, 0.4) is 0 Å². The molecule has 0 bridgehead atoms. The van der Waals surface area contributed by atoms with Crippen molar-refractivity contribution in [2.75, 3.05) is 6.54 Å². The van der Waals surface area contributed by atoms with E-state index in [4.69, 9.17) is 16.3 Å². The molecule has 0 spiro atoms. The van der Waals surface area contributed by atoms with Gasteiger partial charge < -0.3 is 4.74 Å². The first-order valence-corrected chi connectivity index (χ1v) is 8.39. The number of rotatable bonds is 2. The average Bonchev–Trinajstić information content (AvgIpc) is 2.79. The first kappa shape index (κ1) is 14.9. The Morgan fingerprint density at radius 2 is 1.83 bits per heavy atom. The molecule has 0 aromatic heterocycles. The third kappa shape index (κ3) is 2.60. The van der Waals surface area contributed by atoms with Gasteiger partial charge in [0.25, 0.3) is 0 Å². The summed E-state index contributed by atoms with van der Waals surface area (Å²) in [4.78, 5) is 26.5. The fourth-order valence-electron chi connectivity index (χ4n) is 3.81. The predicted octanol–water partition coefficient (Wildman–Crippen LogP) is 2.65. The van der Waals surface area contributed by atoms with E-state index in [1.807, 2.05) is 18.2 Å². The summed E-state index contributed by atoms with van der Waals surface area (Å²) in [6.45, 7) is 0.883. The van der Waals surface area contributed by atoms with Crippen LogP contribution in [-0.2, 0) is 27.4 Å². The van der Waals surface area contributed by atoms with Crippen LogP contribution in [0, 0.1) is 11.8 Å². The standard InChI is InChI=1S/C18H18ClNO3/c19-13-5-6-15-16(8-13)18(22)20(17(15)21)9-14-7-11-3-1-2-4-12(11)10-23-14/h1-5,14-16H,6-10H2/t14-,15-,16+/m1/s1. The highest BCUT2D eigenvalue weighted by atomic mass is 35.5. The molecule has 1 fully saturated rings. The van der Waals surface area contributed by atoms with Gasteiger partial charge in [-0.3, -0.25) is 14.5 Å². The second kappa shape index (κ2) is 5.77. The van der Waals surface area contributed by atoms with Gasteiger partial charge in [0.2, 0.25) is 11.8 Å². The summed E-state index contributed by atoms with van der Waals surface area (Å²) in [6.07, 6.45) is 3.54. The summed E-state index contributed by atoms with van der Waals surface area (Å²) in [6, 6.07) is 8.15. The number of hydrogen-bond acceptors (Lipinski definition) is 3. The lowest BCUT2D eigenvalue weighted by molar-refractivity contribution is -0.142. The molecule has 0 saturated carbocycles. The van der Waals surface area contributed by atoms with Gasteiger partial charge in [-0.15, -0.1) is 0 Å². The van der Waals surface area contributed by atoms with Crippen molar-refractivity contribution >= 4 is 23.4 Å². The summed E-state index contributed by atoms with van der Waals surface area (Å²) in [5.74, 6) is -0.673. The number of likely N-dealkylation sites (tertiary alicyclic amines) is 1. The molecule has 1 aliphatic carbocycles. The van der Waals surface area contributed by atoms with Crippen LogP contribution in [0.2, 0.25) is 0 Å². The van der Waals surface area contributed by atoms with Gasteiger partial charge in [-0.1, -0.05) is 41.9 Å². The Morgan fingerprint density at radius 1 is 1.09 bits per heavy atom.